The third kappa shape index (κ3) is 4.02. The van der Waals surface area contributed by atoms with Crippen molar-refractivity contribution >= 4 is 29.5 Å². The number of hydrogen-bond acceptors (Lipinski definition) is 5. The number of rotatable bonds is 3. The second-order valence-corrected chi connectivity index (χ2v) is 7.27. The van der Waals surface area contributed by atoms with Gasteiger partial charge in [-0.2, -0.15) is 0 Å². The van der Waals surface area contributed by atoms with Crippen molar-refractivity contribution < 1.29 is 24.2 Å². The van der Waals surface area contributed by atoms with Crippen LogP contribution in [0.15, 0.2) is 48.0 Å². The Kier molecular flexibility index (Phi) is 5.72. The summed E-state index contributed by atoms with van der Waals surface area (Å²) < 4.78 is 10.3. The number of benzene rings is 2. The Hall–Kier alpha value is -3.32. The minimum Gasteiger partial charge on any atom is -0.478 e. The summed E-state index contributed by atoms with van der Waals surface area (Å²) in [7, 11) is 1.32. The van der Waals surface area contributed by atoms with Crippen molar-refractivity contribution in [2.24, 2.45) is 0 Å². The van der Waals surface area contributed by atoms with Gasteiger partial charge in [-0.1, -0.05) is 18.2 Å². The molecule has 0 saturated carbocycles. The minimum atomic E-state index is -0.979. The van der Waals surface area contributed by atoms with Crippen LogP contribution in [0.5, 0.6) is 0 Å². The molecule has 1 N–H and O–H groups in total. The molecular formula is C23H24N2O5. The monoisotopic (exact) mass is 408 g/mol. The lowest BCUT2D eigenvalue weighted by Gasteiger charge is -2.29. The van der Waals surface area contributed by atoms with E-state index in [-0.39, 0.29) is 18.5 Å². The summed E-state index contributed by atoms with van der Waals surface area (Å²) in [5.41, 5.74) is 4.73. The van der Waals surface area contributed by atoms with E-state index in [4.69, 9.17) is 9.47 Å². The van der Waals surface area contributed by atoms with Crippen molar-refractivity contribution in [1.29, 1.82) is 0 Å². The minimum absolute atomic E-state index is 0.253. The van der Waals surface area contributed by atoms with E-state index in [1.54, 1.807) is 6.08 Å². The van der Waals surface area contributed by atoms with Gasteiger partial charge in [0.2, 0.25) is 0 Å². The Morgan fingerprint density at radius 3 is 2.37 bits per heavy atom. The van der Waals surface area contributed by atoms with Crippen LogP contribution >= 0.6 is 0 Å². The van der Waals surface area contributed by atoms with Crippen LogP contribution < -0.4 is 9.80 Å². The van der Waals surface area contributed by atoms with Gasteiger partial charge >= 0.3 is 12.1 Å². The van der Waals surface area contributed by atoms with Crippen LogP contribution in [0.3, 0.4) is 0 Å². The largest absolute Gasteiger partial charge is 0.478 e. The number of hydrogen-bond donors (Lipinski definition) is 1. The highest BCUT2D eigenvalue weighted by Crippen LogP contribution is 2.33. The van der Waals surface area contributed by atoms with Crippen LogP contribution in [0.1, 0.15) is 12.0 Å². The Morgan fingerprint density at radius 1 is 1.00 bits per heavy atom. The number of fused-ring (bicyclic) bond motifs is 1. The van der Waals surface area contributed by atoms with Gasteiger partial charge < -0.3 is 19.5 Å². The molecular weight excluding hydrogens is 384 g/mol. The lowest BCUT2D eigenvalue weighted by Crippen LogP contribution is -2.36. The summed E-state index contributed by atoms with van der Waals surface area (Å²) in [5.74, 6) is -0.979. The van der Waals surface area contributed by atoms with Crippen molar-refractivity contribution in [2.45, 2.75) is 6.42 Å². The highest BCUT2D eigenvalue weighted by molar-refractivity contribution is 5.98. The van der Waals surface area contributed by atoms with Crippen LogP contribution in [-0.2, 0) is 14.3 Å². The predicted molar refractivity (Wildman–Crippen MR) is 115 cm³/mol. The third-order valence-corrected chi connectivity index (χ3v) is 5.50. The number of amides is 1. The fourth-order valence-electron chi connectivity index (χ4n) is 3.86. The maximum absolute atomic E-state index is 12.2. The van der Waals surface area contributed by atoms with Gasteiger partial charge in [-0.15, -0.1) is 0 Å². The van der Waals surface area contributed by atoms with Crippen LogP contribution in [0.4, 0.5) is 16.2 Å². The molecule has 0 unspecified atom stereocenters. The third-order valence-electron chi connectivity index (χ3n) is 5.50. The van der Waals surface area contributed by atoms with E-state index in [2.05, 4.69) is 29.2 Å². The van der Waals surface area contributed by atoms with E-state index >= 15 is 0 Å². The van der Waals surface area contributed by atoms with Crippen molar-refractivity contribution in [3.05, 3.63) is 53.6 Å². The number of aliphatic carboxylic acids is 1. The maximum Gasteiger partial charge on any atom is 0.414 e. The van der Waals surface area contributed by atoms with E-state index in [1.165, 1.54) is 12.0 Å². The normalized spacial score (nSPS) is 16.4. The summed E-state index contributed by atoms with van der Waals surface area (Å²) in [6.45, 7) is 3.49. The predicted octanol–water partition coefficient (Wildman–Crippen LogP) is 3.63. The summed E-state index contributed by atoms with van der Waals surface area (Å²) in [6, 6.07) is 14.0. The SMILES string of the molecule is COC(=O)N1CCC(C(=O)O)=Cc2cc(-c3ccc(N4CCOCC4)cc3)ccc21. The summed E-state index contributed by atoms with van der Waals surface area (Å²) >= 11 is 0. The average molecular weight is 408 g/mol. The zero-order valence-electron chi connectivity index (χ0n) is 16.8. The van der Waals surface area contributed by atoms with Crippen LogP contribution in [-0.4, -0.2) is 57.1 Å². The summed E-state index contributed by atoms with van der Waals surface area (Å²) in [4.78, 5) is 27.6. The maximum atomic E-state index is 12.2. The van der Waals surface area contributed by atoms with Crippen LogP contribution in [0.25, 0.3) is 17.2 Å². The van der Waals surface area contributed by atoms with Crippen molar-refractivity contribution in [1.82, 2.24) is 0 Å². The lowest BCUT2D eigenvalue weighted by molar-refractivity contribution is -0.132. The zero-order chi connectivity index (χ0) is 21.1. The van der Waals surface area contributed by atoms with Gasteiger partial charge in [0.1, 0.15) is 0 Å². The molecule has 0 aliphatic carbocycles. The zero-order valence-corrected chi connectivity index (χ0v) is 16.8. The second-order valence-electron chi connectivity index (χ2n) is 7.27. The number of carbonyl (C=O) groups is 2. The summed E-state index contributed by atoms with van der Waals surface area (Å²) in [6.07, 6.45) is 1.40. The number of morpholine rings is 1. The van der Waals surface area contributed by atoms with Gasteiger partial charge in [-0.05, 0) is 53.5 Å². The quantitative estimate of drug-likeness (QED) is 0.836. The molecule has 2 aromatic carbocycles. The van der Waals surface area contributed by atoms with Crippen molar-refractivity contribution in [3.63, 3.8) is 0 Å². The molecule has 4 rings (SSSR count). The highest BCUT2D eigenvalue weighted by Gasteiger charge is 2.24. The molecule has 7 heteroatoms. The highest BCUT2D eigenvalue weighted by atomic mass is 16.5. The number of methoxy groups -OCH3 is 1. The van der Waals surface area contributed by atoms with Gasteiger partial charge in [0.25, 0.3) is 0 Å². The van der Waals surface area contributed by atoms with Gasteiger partial charge in [0.15, 0.2) is 0 Å². The Morgan fingerprint density at radius 2 is 1.70 bits per heavy atom. The van der Waals surface area contributed by atoms with Crippen molar-refractivity contribution in [2.75, 3.05) is 49.8 Å². The first-order chi connectivity index (χ1) is 14.6. The smallest absolute Gasteiger partial charge is 0.414 e. The molecule has 156 valence electrons. The molecule has 30 heavy (non-hydrogen) atoms. The fraction of sp³-hybridized carbons (Fsp3) is 0.304. The van der Waals surface area contributed by atoms with E-state index in [9.17, 15) is 14.7 Å². The Balaban J connectivity index is 1.68. The molecule has 0 bridgehead atoms. The Labute approximate surface area is 175 Å². The topological polar surface area (TPSA) is 79.3 Å². The molecule has 2 aliphatic heterocycles. The first kappa shape index (κ1) is 20.0. The van der Waals surface area contributed by atoms with E-state index in [1.807, 2.05) is 18.2 Å². The van der Waals surface area contributed by atoms with Crippen LogP contribution in [0.2, 0.25) is 0 Å². The molecule has 7 nitrogen and oxygen atoms in total. The molecule has 2 aliphatic rings. The molecule has 0 atom stereocenters. The fourth-order valence-corrected chi connectivity index (χ4v) is 3.86. The average Bonchev–Trinajstić information content (AvgIpc) is 2.98. The number of anilines is 2. The van der Waals surface area contributed by atoms with E-state index in [0.717, 1.165) is 43.1 Å². The molecule has 1 amide bonds. The van der Waals surface area contributed by atoms with Gasteiger partial charge in [-0.3, -0.25) is 4.90 Å². The first-order valence-electron chi connectivity index (χ1n) is 9.93. The molecule has 2 aromatic rings. The second kappa shape index (κ2) is 8.59. The van der Waals surface area contributed by atoms with Gasteiger partial charge in [0, 0.05) is 30.9 Å². The lowest BCUT2D eigenvalue weighted by atomic mass is 10.00. The molecule has 2 heterocycles. The number of carboxylic acid groups (broad SMARTS) is 1. The van der Waals surface area contributed by atoms with E-state index < -0.39 is 12.1 Å². The number of carbonyl (C=O) groups excluding carboxylic acids is 1. The molecule has 0 aromatic heterocycles. The molecule has 0 radical (unpaired) electrons. The number of carboxylic acids is 1. The summed E-state index contributed by atoms with van der Waals surface area (Å²) in [5, 5.41) is 9.50. The first-order valence-corrected chi connectivity index (χ1v) is 9.93. The molecule has 1 fully saturated rings. The standard InChI is InChI=1S/C23H24N2O5/c1-29-23(28)25-9-8-18(22(26)27)15-19-14-17(4-7-21(19)25)16-2-5-20(6-3-16)24-10-12-30-13-11-24/h2-7,14-15H,8-13H2,1H3,(H,26,27). The molecule has 0 spiro atoms. The Bertz CT molecular complexity index is 978. The number of ether oxygens (including phenoxy) is 2. The van der Waals surface area contributed by atoms with Crippen LogP contribution in [0, 0.1) is 0 Å². The number of nitrogens with zero attached hydrogens (tertiary/aromatic N) is 2. The molecule has 1 saturated heterocycles. The van der Waals surface area contributed by atoms with Gasteiger partial charge in [0.05, 0.1) is 26.0 Å². The van der Waals surface area contributed by atoms with Gasteiger partial charge in [-0.25, -0.2) is 9.59 Å². The van der Waals surface area contributed by atoms with Crippen molar-refractivity contribution in [3.8, 4) is 11.1 Å². The van der Waals surface area contributed by atoms with E-state index in [0.29, 0.717) is 11.3 Å².